The number of rotatable bonds is 6. The fraction of sp³-hybridized carbons (Fsp3) is 0.0435. The van der Waals surface area contributed by atoms with Crippen LogP contribution >= 0.6 is 0 Å². The van der Waals surface area contributed by atoms with Crippen molar-refractivity contribution in [2.24, 2.45) is 4.99 Å². The van der Waals surface area contributed by atoms with Gasteiger partial charge in [-0.05, 0) is 31.2 Å². The average Bonchev–Trinajstić information content (AvgIpc) is 2.69. The number of anilines is 1. The number of hydrogen-bond donors (Lipinski definition) is 2. The van der Waals surface area contributed by atoms with Crippen molar-refractivity contribution in [1.82, 2.24) is 0 Å². The lowest BCUT2D eigenvalue weighted by molar-refractivity contribution is 0.104. The zero-order chi connectivity index (χ0) is 19.1. The summed E-state index contributed by atoms with van der Waals surface area (Å²) in [5.41, 5.74) is 3.48. The molecule has 0 fully saturated rings. The number of phenolic OH excluding ortho intramolecular Hbond substituents is 1. The molecule has 0 amide bonds. The van der Waals surface area contributed by atoms with E-state index in [4.69, 9.17) is 0 Å². The molecule has 0 saturated carbocycles. The Bertz CT molecular complexity index is 992. The van der Waals surface area contributed by atoms with Crippen LogP contribution in [0.4, 0.5) is 11.4 Å². The Kier molecular flexibility index (Phi) is 5.80. The lowest BCUT2D eigenvalue weighted by Crippen LogP contribution is -2.01. The number of carbonyl (C=O) groups is 1. The first-order valence-electron chi connectivity index (χ1n) is 8.59. The number of benzene rings is 3. The smallest absolute Gasteiger partial charge is 0.187 e. The largest absolute Gasteiger partial charge is 0.507 e. The van der Waals surface area contributed by atoms with Crippen molar-refractivity contribution < 1.29 is 9.90 Å². The fourth-order valence-electron chi connectivity index (χ4n) is 2.56. The average molecular weight is 356 g/mol. The number of phenols is 1. The highest BCUT2D eigenvalue weighted by molar-refractivity contribution is 6.05. The van der Waals surface area contributed by atoms with Gasteiger partial charge in [0, 0.05) is 29.1 Å². The quantitative estimate of drug-likeness (QED) is 0.356. The molecule has 27 heavy (non-hydrogen) atoms. The van der Waals surface area contributed by atoms with E-state index in [0.717, 1.165) is 5.69 Å². The van der Waals surface area contributed by atoms with Crippen molar-refractivity contribution in [2.45, 2.75) is 6.92 Å². The first-order valence-corrected chi connectivity index (χ1v) is 8.59. The summed E-state index contributed by atoms with van der Waals surface area (Å²) in [4.78, 5) is 16.8. The summed E-state index contributed by atoms with van der Waals surface area (Å²) in [7, 11) is 0. The van der Waals surface area contributed by atoms with Crippen molar-refractivity contribution in [2.75, 3.05) is 5.32 Å². The van der Waals surface area contributed by atoms with Crippen molar-refractivity contribution >= 4 is 23.4 Å². The highest BCUT2D eigenvalue weighted by Gasteiger charge is 2.05. The number of nitrogens with zero attached hydrogens (tertiary/aromatic N) is 1. The molecule has 0 aromatic heterocycles. The zero-order valence-corrected chi connectivity index (χ0v) is 15.0. The third-order valence-corrected chi connectivity index (χ3v) is 3.92. The van der Waals surface area contributed by atoms with E-state index in [9.17, 15) is 9.90 Å². The van der Waals surface area contributed by atoms with Crippen molar-refractivity contribution in [3.63, 3.8) is 0 Å². The summed E-state index contributed by atoms with van der Waals surface area (Å²) in [5.74, 6) is 0.118. The number of ketones is 1. The molecule has 3 aromatic rings. The summed E-state index contributed by atoms with van der Waals surface area (Å²) in [6.45, 7) is 1.84. The van der Waals surface area contributed by atoms with Crippen LogP contribution < -0.4 is 5.32 Å². The summed E-state index contributed by atoms with van der Waals surface area (Å²) in [6.07, 6.45) is 3.18. The Balaban J connectivity index is 1.79. The van der Waals surface area contributed by atoms with Crippen LogP contribution in [0.2, 0.25) is 0 Å². The summed E-state index contributed by atoms with van der Waals surface area (Å²) < 4.78 is 0. The van der Waals surface area contributed by atoms with Crippen molar-refractivity contribution in [3.05, 3.63) is 102 Å². The van der Waals surface area contributed by atoms with E-state index in [-0.39, 0.29) is 11.5 Å². The number of allylic oxidation sites excluding steroid dienone is 2. The van der Waals surface area contributed by atoms with Crippen LogP contribution in [0.1, 0.15) is 22.8 Å². The molecule has 0 atom stereocenters. The fourth-order valence-corrected chi connectivity index (χ4v) is 2.56. The molecule has 2 N–H and O–H groups in total. The topological polar surface area (TPSA) is 61.7 Å². The van der Waals surface area contributed by atoms with Crippen LogP contribution in [0.3, 0.4) is 0 Å². The van der Waals surface area contributed by atoms with Crippen LogP contribution in [0.5, 0.6) is 5.75 Å². The van der Waals surface area contributed by atoms with Gasteiger partial charge < -0.3 is 10.4 Å². The van der Waals surface area contributed by atoms with Gasteiger partial charge in [0.2, 0.25) is 0 Å². The third kappa shape index (κ3) is 4.92. The van der Waals surface area contributed by atoms with E-state index in [0.29, 0.717) is 22.5 Å². The standard InChI is InChI=1S/C23H20N2O2/c1-17(15-23(27)18-9-3-2-4-10-18)25-21-13-7-6-12-20(21)24-16-19-11-5-8-14-22(19)26/h2-16,25-26H,1H3/b17-15-,24-16?. The molecule has 0 saturated heterocycles. The van der Waals surface area contributed by atoms with Crippen LogP contribution in [-0.2, 0) is 0 Å². The summed E-state index contributed by atoms with van der Waals surface area (Å²) >= 11 is 0. The van der Waals surface area contributed by atoms with E-state index in [2.05, 4.69) is 10.3 Å². The second-order valence-corrected chi connectivity index (χ2v) is 6.02. The molecular weight excluding hydrogens is 336 g/mol. The lowest BCUT2D eigenvalue weighted by Gasteiger charge is -2.09. The molecule has 0 bridgehead atoms. The maximum atomic E-state index is 12.3. The number of nitrogens with one attached hydrogen (secondary N) is 1. The maximum absolute atomic E-state index is 12.3. The predicted molar refractivity (Wildman–Crippen MR) is 110 cm³/mol. The van der Waals surface area contributed by atoms with Gasteiger partial charge in [0.1, 0.15) is 5.75 Å². The third-order valence-electron chi connectivity index (χ3n) is 3.92. The molecular formula is C23H20N2O2. The van der Waals surface area contributed by atoms with E-state index in [1.807, 2.05) is 55.5 Å². The molecule has 134 valence electrons. The second-order valence-electron chi connectivity index (χ2n) is 6.02. The van der Waals surface area contributed by atoms with Gasteiger partial charge in [0.25, 0.3) is 0 Å². The molecule has 0 heterocycles. The van der Waals surface area contributed by atoms with E-state index in [1.165, 1.54) is 0 Å². The van der Waals surface area contributed by atoms with Gasteiger partial charge in [-0.2, -0.15) is 0 Å². The van der Waals surface area contributed by atoms with Gasteiger partial charge in [-0.25, -0.2) is 0 Å². The van der Waals surface area contributed by atoms with E-state index >= 15 is 0 Å². The minimum absolute atomic E-state index is 0.0595. The maximum Gasteiger partial charge on any atom is 0.187 e. The molecule has 0 radical (unpaired) electrons. The van der Waals surface area contributed by atoms with Crippen LogP contribution in [0.15, 0.2) is 95.6 Å². The molecule has 0 aliphatic carbocycles. The van der Waals surface area contributed by atoms with Gasteiger partial charge in [0.05, 0.1) is 11.4 Å². The minimum Gasteiger partial charge on any atom is -0.507 e. The Morgan fingerprint density at radius 3 is 2.37 bits per heavy atom. The Morgan fingerprint density at radius 1 is 0.926 bits per heavy atom. The SMILES string of the molecule is C/C(=C/C(=O)c1ccccc1)Nc1ccccc1N=Cc1ccccc1O. The highest BCUT2D eigenvalue weighted by atomic mass is 16.3. The molecule has 0 unspecified atom stereocenters. The number of aromatic hydroxyl groups is 1. The van der Waals surface area contributed by atoms with Crippen molar-refractivity contribution in [1.29, 1.82) is 0 Å². The van der Waals surface area contributed by atoms with E-state index < -0.39 is 0 Å². The van der Waals surface area contributed by atoms with Gasteiger partial charge in [-0.3, -0.25) is 9.79 Å². The highest BCUT2D eigenvalue weighted by Crippen LogP contribution is 2.26. The molecule has 3 aromatic carbocycles. The minimum atomic E-state index is -0.0595. The van der Waals surface area contributed by atoms with Gasteiger partial charge in [-0.1, -0.05) is 54.6 Å². The first-order chi connectivity index (χ1) is 13.1. The summed E-state index contributed by atoms with van der Waals surface area (Å²) in [6, 6.07) is 23.7. The van der Waals surface area contributed by atoms with Crippen molar-refractivity contribution in [3.8, 4) is 5.75 Å². The van der Waals surface area contributed by atoms with Gasteiger partial charge in [0.15, 0.2) is 5.78 Å². The zero-order valence-electron chi connectivity index (χ0n) is 15.0. The van der Waals surface area contributed by atoms with Crippen LogP contribution in [-0.4, -0.2) is 17.1 Å². The summed E-state index contributed by atoms with van der Waals surface area (Å²) in [5, 5.41) is 13.1. The molecule has 3 rings (SSSR count). The first kappa shape index (κ1) is 18.1. The number of carbonyl (C=O) groups excluding carboxylic acids is 1. The van der Waals surface area contributed by atoms with Gasteiger partial charge in [-0.15, -0.1) is 0 Å². The Morgan fingerprint density at radius 2 is 1.59 bits per heavy atom. The number of para-hydroxylation sites is 3. The Labute approximate surface area is 158 Å². The second kappa shape index (κ2) is 8.63. The van der Waals surface area contributed by atoms with Crippen LogP contribution in [0.25, 0.3) is 0 Å². The van der Waals surface area contributed by atoms with Gasteiger partial charge >= 0.3 is 0 Å². The monoisotopic (exact) mass is 356 g/mol. The lowest BCUT2D eigenvalue weighted by atomic mass is 10.1. The predicted octanol–water partition coefficient (Wildman–Crippen LogP) is 5.34. The number of aliphatic imine (C=N–C) groups is 1. The normalized spacial score (nSPS) is 11.5. The Hall–Kier alpha value is -3.66. The molecule has 0 aliphatic rings. The molecule has 0 spiro atoms. The molecule has 0 aliphatic heterocycles. The number of hydrogen-bond acceptors (Lipinski definition) is 4. The molecule has 4 heteroatoms. The van der Waals surface area contributed by atoms with Crippen LogP contribution in [0, 0.1) is 0 Å². The molecule has 4 nitrogen and oxygen atoms in total. The van der Waals surface area contributed by atoms with E-state index in [1.54, 1.807) is 42.6 Å².